The molecule has 0 bridgehead atoms. The second-order valence-corrected chi connectivity index (χ2v) is 4.68. The third-order valence-electron chi connectivity index (χ3n) is 3.34. The minimum Gasteiger partial charge on any atom is -0.496 e. The minimum absolute atomic E-state index is 0.0291. The molecule has 1 saturated heterocycles. The number of nitrogens with zero attached hydrogens (tertiary/aromatic N) is 4. The predicted octanol–water partition coefficient (Wildman–Crippen LogP) is 2.06. The van der Waals surface area contributed by atoms with Gasteiger partial charge in [-0.15, -0.1) is 0 Å². The first kappa shape index (κ1) is 14.7. The van der Waals surface area contributed by atoms with E-state index in [9.17, 15) is 9.59 Å². The van der Waals surface area contributed by atoms with Gasteiger partial charge in [-0.3, -0.25) is 4.79 Å². The number of benzene rings is 1. The van der Waals surface area contributed by atoms with Crippen LogP contribution >= 0.6 is 0 Å². The molecular formula is C13H14N4O4. The summed E-state index contributed by atoms with van der Waals surface area (Å²) in [5.41, 5.74) is 8.93. The number of carboxylic acids is 1. The first-order valence-electron chi connectivity index (χ1n) is 6.29. The molecule has 0 aliphatic carbocycles. The fourth-order valence-electron chi connectivity index (χ4n) is 2.33. The van der Waals surface area contributed by atoms with E-state index in [1.54, 1.807) is 11.0 Å². The number of aromatic carboxylic acids is 1. The maximum atomic E-state index is 12.0. The van der Waals surface area contributed by atoms with Gasteiger partial charge in [0.15, 0.2) is 0 Å². The van der Waals surface area contributed by atoms with Gasteiger partial charge in [0.05, 0.1) is 7.11 Å². The maximum absolute atomic E-state index is 12.0. The summed E-state index contributed by atoms with van der Waals surface area (Å²) in [6.45, 7) is 0.705. The molecule has 0 aromatic heterocycles. The van der Waals surface area contributed by atoms with Crippen LogP contribution in [0.1, 0.15) is 16.8 Å². The van der Waals surface area contributed by atoms with E-state index in [-0.39, 0.29) is 29.7 Å². The van der Waals surface area contributed by atoms with Crippen LogP contribution in [0.5, 0.6) is 5.75 Å². The summed E-state index contributed by atoms with van der Waals surface area (Å²) < 4.78 is 5.05. The number of methoxy groups -OCH3 is 1. The standard InChI is InChI=1S/C13H14N4O4/c1-21-11-5-9(2-3-10(11)13(19)20)17-7-8(4-12(17)18)6-15-16-14/h2-3,5,8H,4,6-7H2,1H3,(H,19,20). The largest absolute Gasteiger partial charge is 0.496 e. The molecule has 2 rings (SSSR count). The van der Waals surface area contributed by atoms with Gasteiger partial charge >= 0.3 is 5.97 Å². The lowest BCUT2D eigenvalue weighted by molar-refractivity contribution is -0.117. The number of azide groups is 1. The molecule has 0 radical (unpaired) electrons. The summed E-state index contributed by atoms with van der Waals surface area (Å²) in [6, 6.07) is 4.50. The Morgan fingerprint density at radius 1 is 1.62 bits per heavy atom. The molecule has 1 aliphatic heterocycles. The van der Waals surface area contributed by atoms with Gasteiger partial charge in [0.1, 0.15) is 11.3 Å². The molecular weight excluding hydrogens is 276 g/mol. The Morgan fingerprint density at radius 3 is 3.00 bits per heavy atom. The van der Waals surface area contributed by atoms with Crippen molar-refractivity contribution in [2.75, 3.05) is 25.1 Å². The molecule has 1 heterocycles. The van der Waals surface area contributed by atoms with E-state index in [1.165, 1.54) is 19.2 Å². The van der Waals surface area contributed by atoms with Crippen molar-refractivity contribution < 1.29 is 19.4 Å². The second kappa shape index (κ2) is 6.15. The number of ether oxygens (including phenoxy) is 1. The lowest BCUT2D eigenvalue weighted by Gasteiger charge is -2.18. The number of hydrogen-bond acceptors (Lipinski definition) is 4. The minimum atomic E-state index is -1.09. The molecule has 1 atom stereocenters. The molecule has 21 heavy (non-hydrogen) atoms. The molecule has 0 spiro atoms. The lowest BCUT2D eigenvalue weighted by atomic mass is 10.1. The predicted molar refractivity (Wildman–Crippen MR) is 74.4 cm³/mol. The van der Waals surface area contributed by atoms with Crippen LogP contribution in [-0.4, -0.2) is 37.2 Å². The Bertz CT molecular complexity index is 625. The third-order valence-corrected chi connectivity index (χ3v) is 3.34. The summed E-state index contributed by atoms with van der Waals surface area (Å²) in [6.07, 6.45) is 0.308. The van der Waals surface area contributed by atoms with Crippen LogP contribution < -0.4 is 9.64 Å². The highest BCUT2D eigenvalue weighted by Gasteiger charge is 2.30. The summed E-state index contributed by atoms with van der Waals surface area (Å²) in [7, 11) is 1.38. The molecule has 8 nitrogen and oxygen atoms in total. The Morgan fingerprint density at radius 2 is 2.38 bits per heavy atom. The monoisotopic (exact) mass is 290 g/mol. The van der Waals surface area contributed by atoms with Crippen LogP contribution in [-0.2, 0) is 4.79 Å². The van der Waals surface area contributed by atoms with E-state index in [4.69, 9.17) is 15.4 Å². The Balaban J connectivity index is 2.24. The topological polar surface area (TPSA) is 116 Å². The first-order chi connectivity index (χ1) is 10.1. The molecule has 1 unspecified atom stereocenters. The average Bonchev–Trinajstić information content (AvgIpc) is 2.85. The fraction of sp³-hybridized carbons (Fsp3) is 0.385. The molecule has 1 aromatic rings. The smallest absolute Gasteiger partial charge is 0.339 e. The maximum Gasteiger partial charge on any atom is 0.339 e. The van der Waals surface area contributed by atoms with Crippen molar-refractivity contribution in [3.05, 3.63) is 34.2 Å². The summed E-state index contributed by atoms with van der Waals surface area (Å²) in [4.78, 5) is 27.3. The van der Waals surface area contributed by atoms with Crippen LogP contribution in [0.3, 0.4) is 0 Å². The average molecular weight is 290 g/mol. The zero-order chi connectivity index (χ0) is 15.4. The van der Waals surface area contributed by atoms with E-state index in [2.05, 4.69) is 10.0 Å². The molecule has 1 aromatic carbocycles. The number of anilines is 1. The van der Waals surface area contributed by atoms with Gasteiger partial charge in [-0.05, 0) is 23.6 Å². The summed E-state index contributed by atoms with van der Waals surface area (Å²) >= 11 is 0. The molecule has 0 saturated carbocycles. The van der Waals surface area contributed by atoms with Crippen LogP contribution in [0, 0.1) is 5.92 Å². The van der Waals surface area contributed by atoms with E-state index in [0.717, 1.165) is 0 Å². The molecule has 110 valence electrons. The number of amides is 1. The molecule has 1 aliphatic rings. The second-order valence-electron chi connectivity index (χ2n) is 4.68. The molecule has 1 N–H and O–H groups in total. The van der Waals surface area contributed by atoms with Crippen LogP contribution in [0.25, 0.3) is 10.4 Å². The van der Waals surface area contributed by atoms with E-state index >= 15 is 0 Å². The fourth-order valence-corrected chi connectivity index (χ4v) is 2.33. The van der Waals surface area contributed by atoms with Crippen molar-refractivity contribution in [2.24, 2.45) is 11.0 Å². The number of carbonyl (C=O) groups is 2. The van der Waals surface area contributed by atoms with Crippen molar-refractivity contribution in [1.29, 1.82) is 0 Å². The highest BCUT2D eigenvalue weighted by atomic mass is 16.5. The van der Waals surface area contributed by atoms with E-state index in [0.29, 0.717) is 18.7 Å². The van der Waals surface area contributed by atoms with Crippen molar-refractivity contribution in [1.82, 2.24) is 0 Å². The van der Waals surface area contributed by atoms with Gasteiger partial charge in [0.2, 0.25) is 5.91 Å². The van der Waals surface area contributed by atoms with Crippen LogP contribution in [0.2, 0.25) is 0 Å². The highest BCUT2D eigenvalue weighted by Crippen LogP contribution is 2.30. The molecule has 1 fully saturated rings. The van der Waals surface area contributed by atoms with Gasteiger partial charge in [-0.2, -0.15) is 0 Å². The SMILES string of the molecule is COc1cc(N2CC(CN=[N+]=[N-])CC2=O)ccc1C(=O)O. The highest BCUT2D eigenvalue weighted by molar-refractivity contribution is 5.97. The third kappa shape index (κ3) is 3.06. The van der Waals surface area contributed by atoms with Crippen molar-refractivity contribution in [3.8, 4) is 5.75 Å². The number of rotatable bonds is 5. The zero-order valence-corrected chi connectivity index (χ0v) is 11.4. The number of carbonyl (C=O) groups excluding carboxylic acids is 1. The van der Waals surface area contributed by atoms with Crippen LogP contribution in [0.4, 0.5) is 5.69 Å². The summed E-state index contributed by atoms with van der Waals surface area (Å²) in [5, 5.41) is 12.5. The number of carboxylic acid groups (broad SMARTS) is 1. The quantitative estimate of drug-likeness (QED) is 0.507. The van der Waals surface area contributed by atoms with Crippen molar-refractivity contribution in [2.45, 2.75) is 6.42 Å². The Kier molecular flexibility index (Phi) is 4.30. The Hall–Kier alpha value is -2.73. The van der Waals surface area contributed by atoms with Gasteiger partial charge in [-0.1, -0.05) is 5.11 Å². The lowest BCUT2D eigenvalue weighted by Crippen LogP contribution is -2.24. The van der Waals surface area contributed by atoms with E-state index in [1.807, 2.05) is 0 Å². The molecule has 8 heteroatoms. The van der Waals surface area contributed by atoms with Gasteiger partial charge in [0.25, 0.3) is 0 Å². The van der Waals surface area contributed by atoms with Crippen molar-refractivity contribution in [3.63, 3.8) is 0 Å². The van der Waals surface area contributed by atoms with Crippen LogP contribution in [0.15, 0.2) is 23.3 Å². The van der Waals surface area contributed by atoms with Gasteiger partial charge < -0.3 is 14.7 Å². The number of hydrogen-bond donors (Lipinski definition) is 1. The van der Waals surface area contributed by atoms with E-state index < -0.39 is 5.97 Å². The normalized spacial score (nSPS) is 17.5. The van der Waals surface area contributed by atoms with Crippen molar-refractivity contribution >= 4 is 17.6 Å². The van der Waals surface area contributed by atoms with Gasteiger partial charge in [-0.25, -0.2) is 4.79 Å². The Labute approximate surface area is 120 Å². The zero-order valence-electron chi connectivity index (χ0n) is 11.4. The first-order valence-corrected chi connectivity index (χ1v) is 6.29. The van der Waals surface area contributed by atoms with Gasteiger partial charge in [0, 0.05) is 36.2 Å². The summed E-state index contributed by atoms with van der Waals surface area (Å²) in [5.74, 6) is -1.00. The molecule has 1 amide bonds.